The molecule has 0 fully saturated rings. The molecule has 92 valence electrons. The SMILES string of the molecule is COc1cc(/C=N\NC(N)=O)cc(OC)c1O. The molecule has 17 heavy (non-hydrogen) atoms. The number of carbonyl (C=O) groups excluding carboxylic acids is 1. The van der Waals surface area contributed by atoms with E-state index in [0.29, 0.717) is 5.56 Å². The number of phenolic OH excluding ortho intramolecular Hbond substituents is 1. The number of hydrogen-bond acceptors (Lipinski definition) is 5. The van der Waals surface area contributed by atoms with Gasteiger partial charge in [-0.2, -0.15) is 5.10 Å². The number of methoxy groups -OCH3 is 2. The van der Waals surface area contributed by atoms with Crippen molar-refractivity contribution < 1.29 is 19.4 Å². The molecule has 0 bridgehead atoms. The van der Waals surface area contributed by atoms with Crippen molar-refractivity contribution in [3.05, 3.63) is 17.7 Å². The van der Waals surface area contributed by atoms with Gasteiger partial charge in [0, 0.05) is 5.56 Å². The first-order valence-corrected chi connectivity index (χ1v) is 4.62. The number of rotatable bonds is 4. The van der Waals surface area contributed by atoms with Gasteiger partial charge in [-0.1, -0.05) is 0 Å². The van der Waals surface area contributed by atoms with Crippen LogP contribution in [0.4, 0.5) is 4.79 Å². The Labute approximate surface area is 97.8 Å². The topological polar surface area (TPSA) is 106 Å². The molecule has 1 aromatic carbocycles. The fourth-order valence-electron chi connectivity index (χ4n) is 1.16. The summed E-state index contributed by atoms with van der Waals surface area (Å²) in [5.74, 6) is 0.379. The molecule has 7 nitrogen and oxygen atoms in total. The Morgan fingerprint density at radius 1 is 1.41 bits per heavy atom. The molecule has 1 rings (SSSR count). The first-order valence-electron chi connectivity index (χ1n) is 4.62. The van der Waals surface area contributed by atoms with E-state index in [-0.39, 0.29) is 17.2 Å². The van der Waals surface area contributed by atoms with Crippen LogP contribution in [0, 0.1) is 0 Å². The van der Waals surface area contributed by atoms with E-state index in [9.17, 15) is 9.90 Å². The van der Waals surface area contributed by atoms with E-state index < -0.39 is 6.03 Å². The van der Waals surface area contributed by atoms with Gasteiger partial charge in [0.1, 0.15) is 0 Å². The van der Waals surface area contributed by atoms with Gasteiger partial charge in [0.15, 0.2) is 11.5 Å². The summed E-state index contributed by atoms with van der Waals surface area (Å²) in [6.45, 7) is 0. The molecule has 0 unspecified atom stereocenters. The minimum Gasteiger partial charge on any atom is -0.502 e. The highest BCUT2D eigenvalue weighted by atomic mass is 16.5. The number of carbonyl (C=O) groups is 1. The van der Waals surface area contributed by atoms with Crippen LogP contribution in [0.25, 0.3) is 0 Å². The van der Waals surface area contributed by atoms with E-state index in [2.05, 4.69) is 5.10 Å². The Hall–Kier alpha value is -2.44. The van der Waals surface area contributed by atoms with Crippen molar-refractivity contribution in [3.63, 3.8) is 0 Å². The average molecular weight is 239 g/mol. The van der Waals surface area contributed by atoms with Crippen molar-refractivity contribution in [2.75, 3.05) is 14.2 Å². The van der Waals surface area contributed by atoms with Crippen LogP contribution >= 0.6 is 0 Å². The molecule has 0 saturated carbocycles. The number of aromatic hydroxyl groups is 1. The number of urea groups is 1. The molecule has 0 radical (unpaired) electrons. The third-order valence-electron chi connectivity index (χ3n) is 1.89. The number of phenols is 1. The number of nitrogens with zero attached hydrogens (tertiary/aromatic N) is 1. The summed E-state index contributed by atoms with van der Waals surface area (Å²) in [6, 6.07) is 2.30. The molecule has 1 aromatic rings. The second kappa shape index (κ2) is 5.59. The van der Waals surface area contributed by atoms with Crippen LogP contribution in [0.5, 0.6) is 17.2 Å². The highest BCUT2D eigenvalue weighted by molar-refractivity contribution is 5.83. The molecule has 7 heteroatoms. The van der Waals surface area contributed by atoms with Crippen LogP contribution in [-0.2, 0) is 0 Å². The van der Waals surface area contributed by atoms with E-state index in [1.807, 2.05) is 5.43 Å². The van der Waals surface area contributed by atoms with Gasteiger partial charge in [-0.05, 0) is 12.1 Å². The zero-order valence-electron chi connectivity index (χ0n) is 9.43. The van der Waals surface area contributed by atoms with Crippen molar-refractivity contribution in [2.45, 2.75) is 0 Å². The summed E-state index contributed by atoms with van der Waals surface area (Å²) in [4.78, 5) is 10.4. The van der Waals surface area contributed by atoms with E-state index >= 15 is 0 Å². The summed E-state index contributed by atoms with van der Waals surface area (Å²) in [5, 5.41) is 13.2. The number of hydrazone groups is 1. The van der Waals surface area contributed by atoms with Gasteiger partial charge < -0.3 is 20.3 Å². The third-order valence-corrected chi connectivity index (χ3v) is 1.89. The molecular weight excluding hydrogens is 226 g/mol. The maximum Gasteiger partial charge on any atom is 0.332 e. The second-order valence-corrected chi connectivity index (χ2v) is 3.01. The van der Waals surface area contributed by atoms with Crippen molar-refractivity contribution in [2.24, 2.45) is 10.8 Å². The number of hydrogen-bond donors (Lipinski definition) is 3. The molecular formula is C10H13N3O4. The summed E-state index contributed by atoms with van der Waals surface area (Å²) in [5.41, 5.74) is 7.46. The van der Waals surface area contributed by atoms with Crippen LogP contribution in [0.2, 0.25) is 0 Å². The minimum absolute atomic E-state index is 0.102. The molecule has 0 heterocycles. The fourth-order valence-corrected chi connectivity index (χ4v) is 1.16. The number of ether oxygens (including phenoxy) is 2. The van der Waals surface area contributed by atoms with Crippen LogP contribution in [-0.4, -0.2) is 31.6 Å². The van der Waals surface area contributed by atoms with Gasteiger partial charge in [0.2, 0.25) is 5.75 Å². The molecule has 0 saturated heterocycles. The van der Waals surface area contributed by atoms with Crippen LogP contribution in [0.3, 0.4) is 0 Å². The first kappa shape index (κ1) is 12.6. The van der Waals surface area contributed by atoms with E-state index in [4.69, 9.17) is 15.2 Å². The van der Waals surface area contributed by atoms with E-state index in [1.54, 1.807) is 0 Å². The maximum atomic E-state index is 10.4. The fraction of sp³-hybridized carbons (Fsp3) is 0.200. The average Bonchev–Trinajstić information content (AvgIpc) is 2.30. The Morgan fingerprint density at radius 2 is 1.94 bits per heavy atom. The lowest BCUT2D eigenvalue weighted by Crippen LogP contribution is -2.24. The van der Waals surface area contributed by atoms with Gasteiger partial charge in [-0.15, -0.1) is 0 Å². The second-order valence-electron chi connectivity index (χ2n) is 3.01. The standard InChI is InChI=1S/C10H13N3O4/c1-16-7-3-6(5-12-13-10(11)15)4-8(17-2)9(7)14/h3-5,14H,1-2H3,(H3,11,13,15)/b12-5-. The normalized spacial score (nSPS) is 10.2. The maximum absolute atomic E-state index is 10.4. The smallest absolute Gasteiger partial charge is 0.332 e. The Kier molecular flexibility index (Phi) is 4.15. The van der Waals surface area contributed by atoms with Gasteiger partial charge in [-0.25, -0.2) is 10.2 Å². The molecule has 2 amide bonds. The molecule has 0 spiro atoms. The molecule has 0 aromatic heterocycles. The first-order chi connectivity index (χ1) is 8.08. The van der Waals surface area contributed by atoms with Gasteiger partial charge in [0.05, 0.1) is 20.4 Å². The number of nitrogens with one attached hydrogen (secondary N) is 1. The lowest BCUT2D eigenvalue weighted by molar-refractivity contribution is 0.249. The molecule has 4 N–H and O–H groups in total. The number of amides is 2. The highest BCUT2D eigenvalue weighted by Gasteiger charge is 2.09. The number of nitrogens with two attached hydrogens (primary N) is 1. The minimum atomic E-state index is -0.765. The zero-order valence-corrected chi connectivity index (χ0v) is 9.43. The third kappa shape index (κ3) is 3.26. The largest absolute Gasteiger partial charge is 0.502 e. The van der Waals surface area contributed by atoms with Crippen molar-refractivity contribution in [3.8, 4) is 17.2 Å². The van der Waals surface area contributed by atoms with E-state index in [0.717, 1.165) is 0 Å². The van der Waals surface area contributed by atoms with E-state index in [1.165, 1.54) is 32.6 Å². The molecule has 0 aliphatic carbocycles. The zero-order chi connectivity index (χ0) is 12.8. The molecule has 0 aliphatic heterocycles. The predicted molar refractivity (Wildman–Crippen MR) is 61.5 cm³/mol. The van der Waals surface area contributed by atoms with Gasteiger partial charge in [0.25, 0.3) is 0 Å². The van der Waals surface area contributed by atoms with Gasteiger partial charge >= 0.3 is 6.03 Å². The summed E-state index contributed by atoms with van der Waals surface area (Å²) >= 11 is 0. The quantitative estimate of drug-likeness (QED) is 0.522. The number of benzene rings is 1. The Morgan fingerprint density at radius 3 is 2.35 bits per heavy atom. The summed E-state index contributed by atoms with van der Waals surface area (Å²) in [7, 11) is 2.83. The lowest BCUT2D eigenvalue weighted by atomic mass is 10.2. The molecule has 0 atom stereocenters. The predicted octanol–water partition coefficient (Wildman–Crippen LogP) is 0.412. The van der Waals surface area contributed by atoms with Crippen molar-refractivity contribution >= 4 is 12.2 Å². The highest BCUT2D eigenvalue weighted by Crippen LogP contribution is 2.36. The summed E-state index contributed by atoms with van der Waals surface area (Å²) < 4.78 is 9.90. The molecule has 0 aliphatic rings. The van der Waals surface area contributed by atoms with Crippen LogP contribution in [0.1, 0.15) is 5.56 Å². The Balaban J connectivity index is 3.00. The Bertz CT molecular complexity index is 420. The monoisotopic (exact) mass is 239 g/mol. The van der Waals surface area contributed by atoms with Crippen molar-refractivity contribution in [1.29, 1.82) is 0 Å². The lowest BCUT2D eigenvalue weighted by Gasteiger charge is -2.09. The number of primary amides is 1. The van der Waals surface area contributed by atoms with Crippen molar-refractivity contribution in [1.82, 2.24) is 5.43 Å². The van der Waals surface area contributed by atoms with Crippen LogP contribution < -0.4 is 20.6 Å². The summed E-state index contributed by atoms with van der Waals surface area (Å²) in [6.07, 6.45) is 1.34. The van der Waals surface area contributed by atoms with Crippen LogP contribution in [0.15, 0.2) is 17.2 Å². The van der Waals surface area contributed by atoms with Gasteiger partial charge in [-0.3, -0.25) is 0 Å².